The Morgan fingerprint density at radius 2 is 0.833 bits per heavy atom. The van der Waals surface area contributed by atoms with Gasteiger partial charge in [0.05, 0.1) is 19.8 Å². The molecule has 0 bridgehead atoms. The van der Waals surface area contributed by atoms with Crippen molar-refractivity contribution >= 4 is 17.9 Å². The van der Waals surface area contributed by atoms with Crippen molar-refractivity contribution in [3.63, 3.8) is 0 Å². The summed E-state index contributed by atoms with van der Waals surface area (Å²) in [6, 6.07) is 5.94. The highest BCUT2D eigenvalue weighted by atomic mass is 16.5. The quantitative estimate of drug-likeness (QED) is 0.295. The van der Waals surface area contributed by atoms with Crippen LogP contribution in [0.3, 0.4) is 0 Å². The molecule has 162 valence electrons. The van der Waals surface area contributed by atoms with E-state index in [2.05, 4.69) is 19.7 Å². The van der Waals surface area contributed by atoms with E-state index in [9.17, 15) is 14.4 Å². The number of hydrogen-bond acceptors (Lipinski definition) is 6. The summed E-state index contributed by atoms with van der Waals surface area (Å²) in [6.07, 6.45) is 1.57. The average molecular weight is 414 g/mol. The lowest BCUT2D eigenvalue weighted by Crippen LogP contribution is -2.11. The second-order valence-corrected chi connectivity index (χ2v) is 7.16. The fraction of sp³-hybridized carbons (Fsp3) is 0.375. The summed E-state index contributed by atoms with van der Waals surface area (Å²) in [6.45, 7) is 16.1. The monoisotopic (exact) mass is 414 g/mol. The minimum absolute atomic E-state index is 0.226. The van der Waals surface area contributed by atoms with Crippen molar-refractivity contribution in [1.29, 1.82) is 0 Å². The van der Waals surface area contributed by atoms with E-state index < -0.39 is 17.9 Å². The second kappa shape index (κ2) is 12.4. The first-order valence-corrected chi connectivity index (χ1v) is 9.69. The number of carbonyl (C=O) groups excluding carboxylic acids is 3. The van der Waals surface area contributed by atoms with Crippen molar-refractivity contribution < 1.29 is 28.6 Å². The lowest BCUT2D eigenvalue weighted by atomic mass is 10.0. The van der Waals surface area contributed by atoms with Gasteiger partial charge in [-0.3, -0.25) is 0 Å². The predicted molar refractivity (Wildman–Crippen MR) is 115 cm³/mol. The van der Waals surface area contributed by atoms with Gasteiger partial charge in [0.25, 0.3) is 0 Å². The minimum atomic E-state index is -0.426. The van der Waals surface area contributed by atoms with E-state index in [1.807, 2.05) is 18.2 Å². The smallest absolute Gasteiger partial charge is 0.333 e. The predicted octanol–water partition coefficient (Wildman–Crippen LogP) is 3.67. The molecule has 0 aliphatic heterocycles. The molecule has 0 aliphatic rings. The third-order valence-corrected chi connectivity index (χ3v) is 4.03. The molecule has 0 atom stereocenters. The summed E-state index contributed by atoms with van der Waals surface area (Å²) in [4.78, 5) is 34.7. The number of hydrogen-bond donors (Lipinski definition) is 0. The highest BCUT2D eigenvalue weighted by Gasteiger charge is 2.09. The van der Waals surface area contributed by atoms with E-state index in [-0.39, 0.29) is 19.8 Å². The third-order valence-electron chi connectivity index (χ3n) is 4.03. The van der Waals surface area contributed by atoms with Crippen molar-refractivity contribution in [1.82, 2.24) is 0 Å². The summed E-state index contributed by atoms with van der Waals surface area (Å²) < 4.78 is 15.5. The van der Waals surface area contributed by atoms with E-state index in [0.29, 0.717) is 36.0 Å². The zero-order valence-electron chi connectivity index (χ0n) is 18.0. The summed E-state index contributed by atoms with van der Waals surface area (Å²) >= 11 is 0. The summed E-state index contributed by atoms with van der Waals surface area (Å²) in [5, 5.41) is 0. The fourth-order valence-electron chi connectivity index (χ4n) is 2.43. The van der Waals surface area contributed by atoms with Crippen LogP contribution in [-0.4, -0.2) is 37.7 Å². The maximum atomic E-state index is 11.6. The molecule has 0 N–H and O–H groups in total. The van der Waals surface area contributed by atoms with Crippen molar-refractivity contribution in [3.05, 3.63) is 71.3 Å². The first kappa shape index (κ1) is 24.9. The van der Waals surface area contributed by atoms with Crippen LogP contribution in [0.2, 0.25) is 0 Å². The number of esters is 3. The highest BCUT2D eigenvalue weighted by molar-refractivity contribution is 5.87. The SMILES string of the molecule is C=C(C)C(=O)OCCc1cc(CCOC(=O)C(=C)C)cc(CCOC(=O)C(=C)C)c1. The molecule has 0 fully saturated rings. The molecule has 1 rings (SSSR count). The van der Waals surface area contributed by atoms with Gasteiger partial charge in [-0.2, -0.15) is 0 Å². The van der Waals surface area contributed by atoms with Crippen molar-refractivity contribution in [3.8, 4) is 0 Å². The van der Waals surface area contributed by atoms with Crippen LogP contribution >= 0.6 is 0 Å². The van der Waals surface area contributed by atoms with Crippen LogP contribution in [0.25, 0.3) is 0 Å². The first-order valence-electron chi connectivity index (χ1n) is 9.69. The van der Waals surface area contributed by atoms with Crippen LogP contribution in [-0.2, 0) is 47.9 Å². The van der Waals surface area contributed by atoms with E-state index in [1.54, 1.807) is 20.8 Å². The molecule has 0 aromatic heterocycles. The summed E-state index contributed by atoms with van der Waals surface area (Å²) in [5.41, 5.74) is 3.95. The molecule has 30 heavy (non-hydrogen) atoms. The van der Waals surface area contributed by atoms with E-state index in [4.69, 9.17) is 14.2 Å². The van der Waals surface area contributed by atoms with Gasteiger partial charge < -0.3 is 14.2 Å². The van der Waals surface area contributed by atoms with Crippen LogP contribution in [0.1, 0.15) is 37.5 Å². The molecule has 0 saturated carbocycles. The normalized spacial score (nSPS) is 10.1. The van der Waals surface area contributed by atoms with Crippen LogP contribution < -0.4 is 0 Å². The standard InChI is InChI=1S/C24H30O6/c1-16(2)22(25)28-10-7-19-13-20(8-11-29-23(26)17(3)4)15-21(14-19)9-12-30-24(27)18(5)6/h13-15H,1,3,5,7-12H2,2,4,6H3. The first-order chi connectivity index (χ1) is 14.1. The Bertz CT molecular complexity index is 712. The summed E-state index contributed by atoms with van der Waals surface area (Å²) in [7, 11) is 0. The molecule has 0 heterocycles. The van der Waals surface area contributed by atoms with Crippen LogP contribution in [0.4, 0.5) is 0 Å². The molecule has 0 aliphatic carbocycles. The molecule has 6 nitrogen and oxygen atoms in total. The van der Waals surface area contributed by atoms with Gasteiger partial charge in [-0.15, -0.1) is 0 Å². The Hall–Kier alpha value is -3.15. The Morgan fingerprint density at radius 3 is 1.03 bits per heavy atom. The van der Waals surface area contributed by atoms with Crippen molar-refractivity contribution in [2.45, 2.75) is 40.0 Å². The Balaban J connectivity index is 2.80. The molecule has 0 amide bonds. The number of ether oxygens (including phenoxy) is 3. The molecule has 0 saturated heterocycles. The van der Waals surface area contributed by atoms with Gasteiger partial charge in [0.2, 0.25) is 0 Å². The largest absolute Gasteiger partial charge is 0.462 e. The van der Waals surface area contributed by atoms with Crippen molar-refractivity contribution in [2.75, 3.05) is 19.8 Å². The zero-order valence-corrected chi connectivity index (χ0v) is 18.0. The van der Waals surface area contributed by atoms with Crippen LogP contribution in [0.15, 0.2) is 54.7 Å². The Kier molecular flexibility index (Phi) is 10.3. The van der Waals surface area contributed by atoms with Gasteiger partial charge in [0.15, 0.2) is 0 Å². The summed E-state index contributed by atoms with van der Waals surface area (Å²) in [5.74, 6) is -1.28. The van der Waals surface area contributed by atoms with Gasteiger partial charge >= 0.3 is 17.9 Å². The van der Waals surface area contributed by atoms with Gasteiger partial charge in [-0.25, -0.2) is 14.4 Å². The molecule has 0 unspecified atom stereocenters. The fourth-order valence-corrected chi connectivity index (χ4v) is 2.43. The topological polar surface area (TPSA) is 78.9 Å². The van der Waals surface area contributed by atoms with E-state index in [0.717, 1.165) is 16.7 Å². The maximum Gasteiger partial charge on any atom is 0.333 e. The Labute approximate surface area is 178 Å². The molecule has 6 heteroatoms. The van der Waals surface area contributed by atoms with Crippen molar-refractivity contribution in [2.24, 2.45) is 0 Å². The molecular formula is C24H30O6. The van der Waals surface area contributed by atoms with Gasteiger partial charge in [-0.05, 0) is 37.5 Å². The molecule has 1 aromatic carbocycles. The van der Waals surface area contributed by atoms with Gasteiger partial charge in [0, 0.05) is 36.0 Å². The number of rotatable bonds is 12. The average Bonchev–Trinajstić information content (AvgIpc) is 2.67. The van der Waals surface area contributed by atoms with E-state index in [1.165, 1.54) is 0 Å². The lowest BCUT2D eigenvalue weighted by Gasteiger charge is -2.12. The molecular weight excluding hydrogens is 384 g/mol. The molecule has 1 aromatic rings. The van der Waals surface area contributed by atoms with Gasteiger partial charge in [0.1, 0.15) is 0 Å². The minimum Gasteiger partial charge on any atom is -0.462 e. The molecule has 0 radical (unpaired) electrons. The highest BCUT2D eigenvalue weighted by Crippen LogP contribution is 2.14. The number of benzene rings is 1. The maximum absolute atomic E-state index is 11.6. The zero-order chi connectivity index (χ0) is 22.7. The van der Waals surface area contributed by atoms with Gasteiger partial charge in [-0.1, -0.05) is 37.9 Å². The molecule has 0 spiro atoms. The third kappa shape index (κ3) is 9.37. The van der Waals surface area contributed by atoms with E-state index >= 15 is 0 Å². The Morgan fingerprint density at radius 1 is 0.600 bits per heavy atom. The lowest BCUT2D eigenvalue weighted by molar-refractivity contribution is -0.139. The van der Waals surface area contributed by atoms with Crippen LogP contribution in [0.5, 0.6) is 0 Å². The van der Waals surface area contributed by atoms with Crippen LogP contribution in [0, 0.1) is 0 Å². The number of carbonyl (C=O) groups is 3. The second-order valence-electron chi connectivity index (χ2n) is 7.16.